The van der Waals surface area contributed by atoms with Crippen LogP contribution in [0.2, 0.25) is 0 Å². The molecule has 0 spiro atoms. The second-order valence-corrected chi connectivity index (χ2v) is 6.99. The van der Waals surface area contributed by atoms with E-state index in [4.69, 9.17) is 0 Å². The summed E-state index contributed by atoms with van der Waals surface area (Å²) in [4.78, 5) is 0. The molecule has 0 atom stereocenters. The van der Waals surface area contributed by atoms with Crippen molar-refractivity contribution in [2.45, 2.75) is 43.9 Å². The molecule has 96 valence electrons. The van der Waals surface area contributed by atoms with Gasteiger partial charge in [-0.3, -0.25) is 0 Å². The normalized spacial score (nSPS) is 41.1. The Bertz CT molecular complexity index is 427. The molecule has 1 N–H and O–H groups in total. The van der Waals surface area contributed by atoms with Gasteiger partial charge < -0.3 is 5.32 Å². The first-order chi connectivity index (χ1) is 8.79. The van der Waals surface area contributed by atoms with Gasteiger partial charge in [-0.2, -0.15) is 0 Å². The third-order valence-electron chi connectivity index (χ3n) is 5.81. The Kier molecular flexibility index (Phi) is 2.27. The highest BCUT2D eigenvalue weighted by atomic mass is 14.8. The van der Waals surface area contributed by atoms with Crippen molar-refractivity contribution in [1.82, 2.24) is 0 Å². The van der Waals surface area contributed by atoms with Crippen molar-refractivity contribution in [2.24, 2.45) is 17.8 Å². The van der Waals surface area contributed by atoms with Crippen molar-refractivity contribution in [3.8, 4) is 0 Å². The first-order valence-corrected chi connectivity index (χ1v) is 7.56. The molecule has 0 amide bonds. The monoisotopic (exact) mass is 241 g/mol. The van der Waals surface area contributed by atoms with Gasteiger partial charge in [0, 0.05) is 12.7 Å². The molecule has 0 aliphatic heterocycles. The number of para-hydroxylation sites is 1. The van der Waals surface area contributed by atoms with E-state index in [-0.39, 0.29) is 0 Å². The van der Waals surface area contributed by atoms with Crippen LogP contribution < -0.4 is 5.32 Å². The Balaban J connectivity index is 1.79. The van der Waals surface area contributed by atoms with Gasteiger partial charge in [-0.1, -0.05) is 18.2 Å². The number of rotatable bonds is 2. The molecule has 0 unspecified atom stereocenters. The third-order valence-corrected chi connectivity index (χ3v) is 5.81. The molecule has 0 saturated heterocycles. The van der Waals surface area contributed by atoms with Crippen molar-refractivity contribution in [2.75, 3.05) is 12.4 Å². The van der Waals surface area contributed by atoms with Crippen molar-refractivity contribution in [3.05, 3.63) is 29.8 Å². The highest BCUT2D eigenvalue weighted by Gasteiger charge is 2.52. The van der Waals surface area contributed by atoms with Gasteiger partial charge in [-0.25, -0.2) is 0 Å². The zero-order chi connectivity index (χ0) is 12.2. The minimum atomic E-state index is 0.522. The summed E-state index contributed by atoms with van der Waals surface area (Å²) in [5.41, 5.74) is 3.51. The molecular formula is C17H23N. The maximum atomic E-state index is 3.42. The molecule has 1 heteroatoms. The van der Waals surface area contributed by atoms with E-state index in [9.17, 15) is 0 Å². The van der Waals surface area contributed by atoms with Crippen LogP contribution in [-0.2, 0) is 5.41 Å². The first kappa shape index (κ1) is 10.9. The molecule has 4 fully saturated rings. The van der Waals surface area contributed by atoms with E-state index in [1.165, 1.54) is 44.2 Å². The smallest absolute Gasteiger partial charge is 0.0375 e. The first-order valence-electron chi connectivity index (χ1n) is 7.56. The molecule has 0 aromatic heterocycles. The van der Waals surface area contributed by atoms with Crippen molar-refractivity contribution < 1.29 is 0 Å². The Morgan fingerprint density at radius 2 is 1.50 bits per heavy atom. The lowest BCUT2D eigenvalue weighted by molar-refractivity contribution is -0.00485. The molecule has 0 heterocycles. The maximum Gasteiger partial charge on any atom is 0.0375 e. The van der Waals surface area contributed by atoms with E-state index < -0.39 is 0 Å². The van der Waals surface area contributed by atoms with Crippen molar-refractivity contribution in [1.29, 1.82) is 0 Å². The van der Waals surface area contributed by atoms with Gasteiger partial charge in [-0.05, 0) is 73.3 Å². The molecule has 4 bridgehead atoms. The minimum absolute atomic E-state index is 0.522. The van der Waals surface area contributed by atoms with E-state index in [0.717, 1.165) is 17.8 Å². The number of benzene rings is 1. The van der Waals surface area contributed by atoms with Gasteiger partial charge in [0.1, 0.15) is 0 Å². The summed E-state index contributed by atoms with van der Waals surface area (Å²) in [6.07, 6.45) is 8.95. The number of anilines is 1. The maximum absolute atomic E-state index is 3.42. The van der Waals surface area contributed by atoms with Gasteiger partial charge in [0.15, 0.2) is 0 Å². The topological polar surface area (TPSA) is 12.0 Å². The summed E-state index contributed by atoms with van der Waals surface area (Å²) < 4.78 is 0. The van der Waals surface area contributed by atoms with Gasteiger partial charge in [0.05, 0.1) is 0 Å². The molecule has 5 rings (SSSR count). The fourth-order valence-corrected chi connectivity index (χ4v) is 5.60. The number of hydrogen-bond donors (Lipinski definition) is 1. The summed E-state index contributed by atoms with van der Waals surface area (Å²) >= 11 is 0. The standard InChI is InChI=1S/C17H23N/c1-18-16-5-3-2-4-15(16)17-9-12-6-13(10-17)8-14(7-12)11-17/h2-5,12-14,18H,6-11H2,1H3. The summed E-state index contributed by atoms with van der Waals surface area (Å²) in [6, 6.07) is 9.04. The molecule has 1 aromatic carbocycles. The van der Waals surface area contributed by atoms with Crippen LogP contribution in [0.3, 0.4) is 0 Å². The molecule has 4 saturated carbocycles. The Morgan fingerprint density at radius 1 is 0.944 bits per heavy atom. The Hall–Kier alpha value is -0.980. The van der Waals surface area contributed by atoms with Crippen LogP contribution in [0.15, 0.2) is 24.3 Å². The van der Waals surface area contributed by atoms with Crippen LogP contribution in [0.4, 0.5) is 5.69 Å². The summed E-state index contributed by atoms with van der Waals surface area (Å²) in [6.45, 7) is 0. The lowest BCUT2D eigenvalue weighted by atomic mass is 9.48. The van der Waals surface area contributed by atoms with E-state index in [1.807, 2.05) is 0 Å². The third kappa shape index (κ3) is 1.46. The Labute approximate surface area is 110 Å². The molecule has 4 aliphatic rings. The molecule has 1 nitrogen and oxygen atoms in total. The highest BCUT2D eigenvalue weighted by Crippen LogP contribution is 2.61. The van der Waals surface area contributed by atoms with E-state index in [0.29, 0.717) is 5.41 Å². The van der Waals surface area contributed by atoms with Gasteiger partial charge in [0.2, 0.25) is 0 Å². The zero-order valence-corrected chi connectivity index (χ0v) is 11.3. The fourth-order valence-electron chi connectivity index (χ4n) is 5.60. The molecule has 4 aliphatic carbocycles. The Morgan fingerprint density at radius 3 is 2.06 bits per heavy atom. The average molecular weight is 241 g/mol. The predicted octanol–water partition coefficient (Wildman–Crippen LogP) is 4.20. The molecule has 0 radical (unpaired) electrons. The van der Waals surface area contributed by atoms with Crippen LogP contribution in [0.5, 0.6) is 0 Å². The molecule has 18 heavy (non-hydrogen) atoms. The highest BCUT2D eigenvalue weighted by molar-refractivity contribution is 5.55. The van der Waals surface area contributed by atoms with Crippen LogP contribution >= 0.6 is 0 Å². The largest absolute Gasteiger partial charge is 0.388 e. The lowest BCUT2D eigenvalue weighted by Gasteiger charge is -2.57. The SMILES string of the molecule is CNc1ccccc1C12CC3CC(CC(C3)C1)C2. The van der Waals surface area contributed by atoms with Crippen LogP contribution in [0, 0.1) is 17.8 Å². The van der Waals surface area contributed by atoms with Gasteiger partial charge in [-0.15, -0.1) is 0 Å². The predicted molar refractivity (Wildman–Crippen MR) is 75.8 cm³/mol. The second kappa shape index (κ2) is 3.76. The quantitative estimate of drug-likeness (QED) is 0.818. The molecule has 1 aromatic rings. The lowest BCUT2D eigenvalue weighted by Crippen LogP contribution is -2.48. The summed E-state index contributed by atoms with van der Waals surface area (Å²) in [5, 5.41) is 3.42. The summed E-state index contributed by atoms with van der Waals surface area (Å²) in [7, 11) is 2.07. The van der Waals surface area contributed by atoms with E-state index in [1.54, 1.807) is 5.56 Å². The van der Waals surface area contributed by atoms with Gasteiger partial charge >= 0.3 is 0 Å². The van der Waals surface area contributed by atoms with E-state index in [2.05, 4.69) is 36.6 Å². The van der Waals surface area contributed by atoms with Crippen LogP contribution in [-0.4, -0.2) is 7.05 Å². The fraction of sp³-hybridized carbons (Fsp3) is 0.647. The van der Waals surface area contributed by atoms with Crippen LogP contribution in [0.25, 0.3) is 0 Å². The van der Waals surface area contributed by atoms with Crippen molar-refractivity contribution in [3.63, 3.8) is 0 Å². The minimum Gasteiger partial charge on any atom is -0.388 e. The van der Waals surface area contributed by atoms with Gasteiger partial charge in [0.25, 0.3) is 0 Å². The molecular weight excluding hydrogens is 218 g/mol. The zero-order valence-electron chi connectivity index (χ0n) is 11.3. The van der Waals surface area contributed by atoms with E-state index >= 15 is 0 Å². The number of hydrogen-bond acceptors (Lipinski definition) is 1. The van der Waals surface area contributed by atoms with Crippen LogP contribution in [0.1, 0.15) is 44.1 Å². The average Bonchev–Trinajstić information content (AvgIpc) is 2.37. The van der Waals surface area contributed by atoms with Crippen molar-refractivity contribution >= 4 is 5.69 Å². The second-order valence-electron chi connectivity index (χ2n) is 6.99. The number of nitrogens with one attached hydrogen (secondary N) is 1. The summed E-state index contributed by atoms with van der Waals surface area (Å²) in [5.74, 6) is 3.09.